The molecular formula is C20H11Cl3N2O3S. The summed E-state index contributed by atoms with van der Waals surface area (Å²) in [5.74, 6) is -1.27. The van der Waals surface area contributed by atoms with Gasteiger partial charge in [-0.2, -0.15) is 0 Å². The lowest BCUT2D eigenvalue weighted by atomic mass is 10.2. The molecule has 1 aliphatic rings. The molecule has 0 bridgehead atoms. The minimum absolute atomic E-state index is 0.00230. The minimum Gasteiger partial charge on any atom is -0.451 e. The van der Waals surface area contributed by atoms with Crippen LogP contribution in [0.1, 0.15) is 10.5 Å². The van der Waals surface area contributed by atoms with Crippen molar-refractivity contribution in [3.63, 3.8) is 0 Å². The number of fused-ring (bicyclic) bond motifs is 2. The highest BCUT2D eigenvalue weighted by molar-refractivity contribution is 7.99. The number of ether oxygens (including phenoxy) is 1. The predicted molar refractivity (Wildman–Crippen MR) is 114 cm³/mol. The van der Waals surface area contributed by atoms with Crippen molar-refractivity contribution in [2.75, 3.05) is 11.5 Å². The predicted octanol–water partition coefficient (Wildman–Crippen LogP) is 6.03. The Labute approximate surface area is 185 Å². The van der Waals surface area contributed by atoms with Crippen LogP contribution in [0, 0.1) is 0 Å². The monoisotopic (exact) mass is 464 g/mol. The summed E-state index contributed by atoms with van der Waals surface area (Å²) in [4.78, 5) is 32.6. The van der Waals surface area contributed by atoms with Crippen molar-refractivity contribution in [1.29, 1.82) is 0 Å². The SMILES string of the molecule is O=C(OCC(=O)N1c2ccccc2Sc2ccccc21)c1ncc(Cl)c(Cl)c1Cl. The second-order valence-corrected chi connectivity index (χ2v) is 8.17. The molecule has 2 aromatic carbocycles. The summed E-state index contributed by atoms with van der Waals surface area (Å²) in [6.07, 6.45) is 1.20. The number of pyridine rings is 1. The average Bonchev–Trinajstić information content (AvgIpc) is 2.74. The molecule has 0 fully saturated rings. The van der Waals surface area contributed by atoms with E-state index in [0.29, 0.717) is 0 Å². The van der Waals surface area contributed by atoms with Gasteiger partial charge in [0.2, 0.25) is 0 Å². The Balaban J connectivity index is 1.58. The molecule has 1 amide bonds. The lowest BCUT2D eigenvalue weighted by molar-refractivity contribution is -0.121. The van der Waals surface area contributed by atoms with Crippen LogP contribution in [0.2, 0.25) is 15.1 Å². The van der Waals surface area contributed by atoms with Crippen LogP contribution in [0.3, 0.4) is 0 Å². The molecule has 0 saturated carbocycles. The molecule has 0 spiro atoms. The Morgan fingerprint density at radius 1 is 0.931 bits per heavy atom. The number of halogens is 3. The van der Waals surface area contributed by atoms with E-state index in [9.17, 15) is 9.59 Å². The van der Waals surface area contributed by atoms with Crippen molar-refractivity contribution in [3.05, 3.63) is 75.5 Å². The van der Waals surface area contributed by atoms with E-state index >= 15 is 0 Å². The van der Waals surface area contributed by atoms with E-state index in [-0.39, 0.29) is 20.8 Å². The molecule has 0 radical (unpaired) electrons. The van der Waals surface area contributed by atoms with Crippen LogP contribution < -0.4 is 4.90 Å². The lowest BCUT2D eigenvalue weighted by Gasteiger charge is -2.30. The maximum absolute atomic E-state index is 13.0. The third-order valence-electron chi connectivity index (χ3n) is 4.12. The largest absolute Gasteiger partial charge is 0.451 e. The first kappa shape index (κ1) is 20.0. The molecule has 0 saturated heterocycles. The van der Waals surface area contributed by atoms with Gasteiger partial charge in [0.05, 0.1) is 26.4 Å². The molecule has 4 rings (SSSR count). The first-order valence-corrected chi connectivity index (χ1v) is 10.3. The summed E-state index contributed by atoms with van der Waals surface area (Å²) in [6, 6.07) is 15.0. The second kappa shape index (κ2) is 8.24. The number of carbonyl (C=O) groups excluding carboxylic acids is 2. The summed E-state index contributed by atoms with van der Waals surface area (Å²) in [5.41, 5.74) is 1.25. The van der Waals surface area contributed by atoms with Crippen LogP contribution >= 0.6 is 46.6 Å². The Morgan fingerprint density at radius 2 is 1.52 bits per heavy atom. The van der Waals surface area contributed by atoms with E-state index in [4.69, 9.17) is 39.5 Å². The smallest absolute Gasteiger partial charge is 0.359 e. The molecule has 5 nitrogen and oxygen atoms in total. The van der Waals surface area contributed by atoms with Crippen LogP contribution in [0.4, 0.5) is 11.4 Å². The van der Waals surface area contributed by atoms with Gasteiger partial charge in [-0.05, 0) is 24.3 Å². The Hall–Kier alpha value is -2.25. The molecule has 1 aromatic heterocycles. The number of benzene rings is 2. The zero-order chi connectivity index (χ0) is 20.5. The number of nitrogens with zero attached hydrogens (tertiary/aromatic N) is 2. The molecule has 146 valence electrons. The van der Waals surface area contributed by atoms with Crippen molar-refractivity contribution in [3.8, 4) is 0 Å². The van der Waals surface area contributed by atoms with Crippen molar-refractivity contribution < 1.29 is 14.3 Å². The zero-order valence-electron chi connectivity index (χ0n) is 14.6. The fraction of sp³-hybridized carbons (Fsp3) is 0.0500. The van der Waals surface area contributed by atoms with Gasteiger partial charge in [0, 0.05) is 16.0 Å². The highest BCUT2D eigenvalue weighted by Gasteiger charge is 2.29. The first-order valence-electron chi connectivity index (χ1n) is 8.33. The Morgan fingerprint density at radius 3 is 2.14 bits per heavy atom. The van der Waals surface area contributed by atoms with Crippen molar-refractivity contribution >= 4 is 69.8 Å². The van der Waals surface area contributed by atoms with Crippen LogP contribution in [0.15, 0.2) is 64.5 Å². The second-order valence-electron chi connectivity index (χ2n) is 5.93. The van der Waals surface area contributed by atoms with Crippen LogP contribution in [-0.2, 0) is 9.53 Å². The van der Waals surface area contributed by atoms with E-state index in [1.807, 2.05) is 48.5 Å². The van der Waals surface area contributed by atoms with Gasteiger partial charge in [-0.25, -0.2) is 9.78 Å². The number of para-hydroxylation sites is 2. The van der Waals surface area contributed by atoms with Gasteiger partial charge < -0.3 is 4.74 Å². The van der Waals surface area contributed by atoms with Crippen LogP contribution in [0.5, 0.6) is 0 Å². The molecule has 0 aliphatic carbocycles. The third-order valence-corrected chi connectivity index (χ3v) is 6.49. The van der Waals surface area contributed by atoms with E-state index < -0.39 is 18.5 Å². The van der Waals surface area contributed by atoms with E-state index in [0.717, 1.165) is 21.2 Å². The third kappa shape index (κ3) is 3.81. The van der Waals surface area contributed by atoms with Crippen molar-refractivity contribution in [1.82, 2.24) is 4.98 Å². The number of carbonyl (C=O) groups is 2. The maximum Gasteiger partial charge on any atom is 0.359 e. The zero-order valence-corrected chi connectivity index (χ0v) is 17.6. The molecule has 3 aromatic rings. The van der Waals surface area contributed by atoms with E-state index in [2.05, 4.69) is 4.98 Å². The molecule has 2 heterocycles. The summed E-state index contributed by atoms with van der Waals surface area (Å²) in [7, 11) is 0. The molecular weight excluding hydrogens is 455 g/mol. The van der Waals surface area contributed by atoms with Gasteiger partial charge in [-0.3, -0.25) is 9.69 Å². The van der Waals surface area contributed by atoms with Gasteiger partial charge in [0.15, 0.2) is 12.3 Å². The number of hydrogen-bond donors (Lipinski definition) is 0. The average molecular weight is 466 g/mol. The normalized spacial score (nSPS) is 12.2. The fourth-order valence-corrected chi connectivity index (χ4v) is 4.43. The van der Waals surface area contributed by atoms with E-state index in [1.165, 1.54) is 6.20 Å². The lowest BCUT2D eigenvalue weighted by Crippen LogP contribution is -2.32. The van der Waals surface area contributed by atoms with Crippen LogP contribution in [0.25, 0.3) is 0 Å². The first-order chi connectivity index (χ1) is 14.0. The molecule has 0 unspecified atom stereocenters. The Bertz CT molecular complexity index is 1090. The number of hydrogen-bond acceptors (Lipinski definition) is 5. The highest BCUT2D eigenvalue weighted by Crippen LogP contribution is 2.47. The maximum atomic E-state index is 13.0. The standard InChI is InChI=1S/C20H11Cl3N2O3S/c21-11-9-24-19(18(23)17(11)22)20(27)28-10-16(26)25-12-5-1-3-7-14(12)29-15-8-4-2-6-13(15)25/h1-9H,10H2. The Kier molecular flexibility index (Phi) is 5.69. The molecule has 0 atom stereocenters. The molecule has 0 N–H and O–H groups in total. The fourth-order valence-electron chi connectivity index (χ4n) is 2.82. The van der Waals surface area contributed by atoms with Gasteiger partial charge in [-0.1, -0.05) is 70.8 Å². The van der Waals surface area contributed by atoms with Gasteiger partial charge in [-0.15, -0.1) is 0 Å². The highest BCUT2D eigenvalue weighted by atomic mass is 35.5. The number of esters is 1. The molecule has 29 heavy (non-hydrogen) atoms. The summed E-state index contributed by atoms with van der Waals surface area (Å²) >= 11 is 19.3. The van der Waals surface area contributed by atoms with Crippen molar-refractivity contribution in [2.45, 2.75) is 9.79 Å². The number of amides is 1. The minimum atomic E-state index is -0.866. The molecule has 1 aliphatic heterocycles. The van der Waals surface area contributed by atoms with E-state index in [1.54, 1.807) is 16.7 Å². The van der Waals surface area contributed by atoms with Crippen LogP contribution in [-0.4, -0.2) is 23.5 Å². The number of anilines is 2. The van der Waals surface area contributed by atoms with Gasteiger partial charge in [0.25, 0.3) is 5.91 Å². The summed E-state index contributed by atoms with van der Waals surface area (Å²) in [5, 5.41) is -0.0116. The van der Waals surface area contributed by atoms with Gasteiger partial charge >= 0.3 is 5.97 Å². The number of rotatable bonds is 3. The van der Waals surface area contributed by atoms with Gasteiger partial charge in [0.1, 0.15) is 0 Å². The summed E-state index contributed by atoms with van der Waals surface area (Å²) in [6.45, 7) is -0.496. The summed E-state index contributed by atoms with van der Waals surface area (Å²) < 4.78 is 5.16. The van der Waals surface area contributed by atoms with Crippen molar-refractivity contribution in [2.24, 2.45) is 0 Å². The quantitative estimate of drug-likeness (QED) is 0.442. The number of aromatic nitrogens is 1. The molecule has 9 heteroatoms. The topological polar surface area (TPSA) is 59.5 Å².